The maximum atomic E-state index is 4.05. The first-order chi connectivity index (χ1) is 8.72. The first kappa shape index (κ1) is 11.8. The minimum atomic E-state index is 0.369. The van der Waals surface area contributed by atoms with Crippen molar-refractivity contribution < 1.29 is 0 Å². The lowest BCUT2D eigenvalue weighted by atomic mass is 10.3. The van der Waals surface area contributed by atoms with Crippen molar-refractivity contribution in [2.45, 2.75) is 16.6 Å². The summed E-state index contributed by atoms with van der Waals surface area (Å²) in [6.07, 6.45) is 0. The maximum Gasteiger partial charge on any atom is 0.210 e. The molecule has 6 nitrogen and oxygen atoms in total. The van der Waals surface area contributed by atoms with Gasteiger partial charge in [-0.15, -0.1) is 16.4 Å². The SMILES string of the molecule is C=Nc1ccsc1C1C(Sc2nnnn2C)N1C. The molecule has 0 amide bonds. The molecule has 1 saturated heterocycles. The van der Waals surface area contributed by atoms with E-state index >= 15 is 0 Å². The van der Waals surface area contributed by atoms with Crippen molar-refractivity contribution in [3.63, 3.8) is 0 Å². The third kappa shape index (κ3) is 1.86. The Bertz CT molecular complexity index is 576. The predicted octanol–water partition coefficient (Wildman–Crippen LogP) is 1.71. The van der Waals surface area contributed by atoms with E-state index in [2.05, 4.69) is 44.6 Å². The van der Waals surface area contributed by atoms with Crippen molar-refractivity contribution in [2.75, 3.05) is 7.05 Å². The fourth-order valence-corrected chi connectivity index (χ4v) is 4.16. The van der Waals surface area contributed by atoms with Crippen LogP contribution in [-0.2, 0) is 7.05 Å². The van der Waals surface area contributed by atoms with E-state index in [-0.39, 0.29) is 0 Å². The van der Waals surface area contributed by atoms with Gasteiger partial charge in [-0.1, -0.05) is 11.8 Å². The molecule has 94 valence electrons. The van der Waals surface area contributed by atoms with Crippen LogP contribution in [-0.4, -0.2) is 44.2 Å². The van der Waals surface area contributed by atoms with E-state index in [9.17, 15) is 0 Å². The second kappa shape index (κ2) is 4.45. The van der Waals surface area contributed by atoms with E-state index in [0.717, 1.165) is 10.8 Å². The van der Waals surface area contributed by atoms with Crippen LogP contribution >= 0.6 is 23.1 Å². The number of rotatable bonds is 4. The van der Waals surface area contributed by atoms with Gasteiger partial charge in [-0.2, -0.15) is 0 Å². The summed E-state index contributed by atoms with van der Waals surface area (Å²) in [5.41, 5.74) is 0.982. The topological polar surface area (TPSA) is 59.0 Å². The summed E-state index contributed by atoms with van der Waals surface area (Å²) in [5.74, 6) is 0. The van der Waals surface area contributed by atoms with Gasteiger partial charge in [0.25, 0.3) is 0 Å². The molecule has 3 atom stereocenters. The van der Waals surface area contributed by atoms with Crippen molar-refractivity contribution in [2.24, 2.45) is 12.0 Å². The minimum Gasteiger partial charge on any atom is -0.282 e. The number of nitrogens with zero attached hydrogens (tertiary/aromatic N) is 6. The average molecular weight is 280 g/mol. The largest absolute Gasteiger partial charge is 0.282 e. The van der Waals surface area contributed by atoms with Crippen LogP contribution in [0.3, 0.4) is 0 Å². The molecular formula is C10H12N6S2. The minimum absolute atomic E-state index is 0.369. The zero-order valence-electron chi connectivity index (χ0n) is 10.0. The molecule has 0 saturated carbocycles. The third-order valence-electron chi connectivity index (χ3n) is 2.94. The lowest BCUT2D eigenvalue weighted by molar-refractivity contribution is 0.626. The maximum absolute atomic E-state index is 4.05. The van der Waals surface area contributed by atoms with Crippen molar-refractivity contribution in [1.82, 2.24) is 25.1 Å². The number of thioether (sulfide) groups is 1. The highest BCUT2D eigenvalue weighted by Gasteiger charge is 2.48. The van der Waals surface area contributed by atoms with Gasteiger partial charge in [-0.25, -0.2) is 4.68 Å². The summed E-state index contributed by atoms with van der Waals surface area (Å²) in [7, 11) is 3.94. The van der Waals surface area contributed by atoms with E-state index in [1.165, 1.54) is 4.88 Å². The molecule has 1 aliphatic heterocycles. The number of aliphatic imine (C=N–C) groups is 1. The van der Waals surface area contributed by atoms with Crippen LogP contribution in [0.15, 0.2) is 21.6 Å². The predicted molar refractivity (Wildman–Crippen MR) is 72.5 cm³/mol. The fraction of sp³-hybridized carbons (Fsp3) is 0.400. The Morgan fingerprint density at radius 2 is 2.33 bits per heavy atom. The van der Waals surface area contributed by atoms with Crippen molar-refractivity contribution in [3.8, 4) is 0 Å². The van der Waals surface area contributed by atoms with Gasteiger partial charge in [0.1, 0.15) is 0 Å². The lowest BCUT2D eigenvalue weighted by Crippen LogP contribution is -1.96. The normalized spacial score (nSPS) is 26.2. The van der Waals surface area contributed by atoms with Crippen LogP contribution in [0.25, 0.3) is 0 Å². The summed E-state index contributed by atoms with van der Waals surface area (Å²) in [6.45, 7) is 3.61. The highest BCUT2D eigenvalue weighted by molar-refractivity contribution is 8.00. The Kier molecular flexibility index (Phi) is 2.92. The van der Waals surface area contributed by atoms with Crippen LogP contribution in [0.2, 0.25) is 0 Å². The molecule has 0 aromatic carbocycles. The Labute approximate surface area is 113 Å². The second-order valence-electron chi connectivity index (χ2n) is 4.03. The lowest BCUT2D eigenvalue weighted by Gasteiger charge is -1.96. The van der Waals surface area contributed by atoms with E-state index < -0.39 is 0 Å². The monoisotopic (exact) mass is 280 g/mol. The highest BCUT2D eigenvalue weighted by Crippen LogP contribution is 2.53. The summed E-state index contributed by atoms with van der Waals surface area (Å²) in [6, 6.07) is 2.39. The number of thiophene rings is 1. The number of hydrogen-bond acceptors (Lipinski definition) is 7. The number of hydrogen-bond donors (Lipinski definition) is 0. The van der Waals surface area contributed by atoms with Gasteiger partial charge in [-0.05, 0) is 35.6 Å². The summed E-state index contributed by atoms with van der Waals surface area (Å²) in [5, 5.41) is 14.7. The van der Waals surface area contributed by atoms with Crippen LogP contribution in [0, 0.1) is 0 Å². The van der Waals surface area contributed by atoms with Gasteiger partial charge in [0.2, 0.25) is 5.16 Å². The molecular weight excluding hydrogens is 268 g/mol. The van der Waals surface area contributed by atoms with Gasteiger partial charge in [0, 0.05) is 11.9 Å². The average Bonchev–Trinajstić information content (AvgIpc) is 2.77. The molecule has 1 aliphatic rings. The van der Waals surface area contributed by atoms with Crippen molar-refractivity contribution in [3.05, 3.63) is 16.3 Å². The second-order valence-corrected chi connectivity index (χ2v) is 6.06. The van der Waals surface area contributed by atoms with Crippen LogP contribution < -0.4 is 0 Å². The Morgan fingerprint density at radius 3 is 3.00 bits per heavy atom. The zero-order valence-corrected chi connectivity index (χ0v) is 11.6. The molecule has 2 aromatic heterocycles. The summed E-state index contributed by atoms with van der Waals surface area (Å²) in [4.78, 5) is 7.60. The van der Waals surface area contributed by atoms with Gasteiger partial charge < -0.3 is 0 Å². The molecule has 0 spiro atoms. The quantitative estimate of drug-likeness (QED) is 0.630. The fourth-order valence-electron chi connectivity index (χ4n) is 1.87. The molecule has 18 heavy (non-hydrogen) atoms. The number of tetrazole rings is 1. The Morgan fingerprint density at radius 1 is 1.50 bits per heavy atom. The molecule has 2 aromatic rings. The van der Waals surface area contributed by atoms with Gasteiger partial charge in [0.15, 0.2) is 0 Å². The molecule has 0 N–H and O–H groups in total. The summed E-state index contributed by atoms with van der Waals surface area (Å²) < 4.78 is 1.69. The van der Waals surface area contributed by atoms with Crippen LogP contribution in [0.4, 0.5) is 5.69 Å². The van der Waals surface area contributed by atoms with E-state index in [4.69, 9.17) is 0 Å². The number of likely N-dealkylation sites (N-methyl/N-ethyl adjacent to an activating group) is 1. The summed E-state index contributed by atoms with van der Waals surface area (Å²) >= 11 is 3.40. The Hall–Kier alpha value is -1.25. The third-order valence-corrected chi connectivity index (χ3v) is 5.31. The Balaban J connectivity index is 1.78. The van der Waals surface area contributed by atoms with Crippen LogP contribution in [0.1, 0.15) is 10.9 Å². The van der Waals surface area contributed by atoms with E-state index in [1.807, 2.05) is 13.1 Å². The molecule has 1 fully saturated rings. The molecule has 0 aliphatic carbocycles. The number of aryl methyl sites for hydroxylation is 1. The van der Waals surface area contributed by atoms with E-state index in [0.29, 0.717) is 11.4 Å². The standard InChI is InChI=1S/C10H12N6S2/c1-11-6-4-5-17-8(6)7-9(15(7)2)18-10-12-13-14-16(10)3/h4-5,7,9H,1H2,2-3H3. The van der Waals surface area contributed by atoms with Crippen LogP contribution in [0.5, 0.6) is 0 Å². The number of aromatic nitrogens is 4. The molecule has 0 radical (unpaired) electrons. The molecule has 3 heterocycles. The van der Waals surface area contributed by atoms with E-state index in [1.54, 1.807) is 27.8 Å². The first-order valence-corrected chi connectivity index (χ1v) is 7.13. The molecule has 8 heteroatoms. The van der Waals surface area contributed by atoms with Crippen molar-refractivity contribution >= 4 is 35.5 Å². The molecule has 3 rings (SSSR count). The molecule has 3 unspecified atom stereocenters. The smallest absolute Gasteiger partial charge is 0.210 e. The van der Waals surface area contributed by atoms with Gasteiger partial charge in [-0.3, -0.25) is 9.89 Å². The highest BCUT2D eigenvalue weighted by atomic mass is 32.2. The van der Waals surface area contributed by atoms with Gasteiger partial charge >= 0.3 is 0 Å². The molecule has 0 bridgehead atoms. The van der Waals surface area contributed by atoms with Crippen molar-refractivity contribution in [1.29, 1.82) is 0 Å². The zero-order chi connectivity index (χ0) is 12.7. The first-order valence-electron chi connectivity index (χ1n) is 5.37. The van der Waals surface area contributed by atoms with Gasteiger partial charge in [0.05, 0.1) is 17.1 Å².